The van der Waals surface area contributed by atoms with Crippen molar-refractivity contribution in [1.82, 2.24) is 4.98 Å². The lowest BCUT2D eigenvalue weighted by Gasteiger charge is -2.44. The number of hydrogen-bond acceptors (Lipinski definition) is 6. The number of fused-ring (bicyclic) bond motifs is 1. The molecule has 5 rings (SSSR count). The van der Waals surface area contributed by atoms with Crippen LogP contribution in [0.4, 0.5) is 17.2 Å². The number of benzene rings is 1. The Labute approximate surface area is 236 Å². The minimum Gasteiger partial charge on any atom is -0.465 e. The Kier molecular flexibility index (Phi) is 8.35. The first-order valence-electron chi connectivity index (χ1n) is 14.0. The first-order chi connectivity index (χ1) is 18.2. The second-order valence-electron chi connectivity index (χ2n) is 12.1. The van der Waals surface area contributed by atoms with Crippen molar-refractivity contribution in [2.45, 2.75) is 82.3 Å². The van der Waals surface area contributed by atoms with Gasteiger partial charge in [-0.1, -0.05) is 31.8 Å². The molecule has 9 heteroatoms. The fraction of sp³-hybridized carbons (Fsp3) is 0.586. The highest BCUT2D eigenvalue weighted by Crippen LogP contribution is 2.43. The van der Waals surface area contributed by atoms with E-state index >= 15 is 0 Å². The minimum absolute atomic E-state index is 0.126. The lowest BCUT2D eigenvalue weighted by atomic mass is 9.88. The number of carbonyl (C=O) groups is 1. The third-order valence-corrected chi connectivity index (χ3v) is 10.2. The van der Waals surface area contributed by atoms with Crippen LogP contribution in [0.15, 0.2) is 41.0 Å². The Bertz CT molecular complexity index is 1130. The molecule has 2 saturated carbocycles. The number of pyridine rings is 1. The molecule has 1 aromatic heterocycles. The topological polar surface area (TPSA) is 58.1 Å². The van der Waals surface area contributed by atoms with Crippen molar-refractivity contribution >= 4 is 47.1 Å². The predicted molar refractivity (Wildman–Crippen MR) is 160 cm³/mol. The quantitative estimate of drug-likeness (QED) is 0.138. The van der Waals surface area contributed by atoms with Crippen molar-refractivity contribution < 1.29 is 14.3 Å². The van der Waals surface area contributed by atoms with Gasteiger partial charge in [0.05, 0.1) is 17.9 Å². The maximum atomic E-state index is 12.8. The smallest absolute Gasteiger partial charge is 0.246 e. The molecule has 7 nitrogen and oxygen atoms in total. The van der Waals surface area contributed by atoms with E-state index in [0.717, 1.165) is 60.2 Å². The van der Waals surface area contributed by atoms with Crippen molar-refractivity contribution in [1.29, 1.82) is 0 Å². The summed E-state index contributed by atoms with van der Waals surface area (Å²) >= 11 is 3.53. The number of halogens is 1. The highest BCUT2D eigenvalue weighted by Gasteiger charge is 2.40. The van der Waals surface area contributed by atoms with Gasteiger partial charge < -0.3 is 24.2 Å². The Hall–Kier alpha value is -2.10. The highest BCUT2D eigenvalue weighted by molar-refractivity contribution is 9.10. The van der Waals surface area contributed by atoms with Crippen LogP contribution in [0.1, 0.15) is 38.5 Å². The number of anilines is 3. The fourth-order valence-corrected chi connectivity index (χ4v) is 6.74. The molecule has 0 bridgehead atoms. The molecule has 0 radical (unpaired) electrons. The lowest BCUT2D eigenvalue weighted by Crippen LogP contribution is -2.51. The molecule has 0 unspecified atom stereocenters. The summed E-state index contributed by atoms with van der Waals surface area (Å²) in [7, 11) is 0.731. The molecule has 2 aliphatic carbocycles. The van der Waals surface area contributed by atoms with E-state index < -0.39 is 8.07 Å². The molecule has 1 amide bonds. The number of ether oxygens (including phenoxy) is 2. The second-order valence-corrected chi connectivity index (χ2v) is 18.5. The van der Waals surface area contributed by atoms with Gasteiger partial charge in [-0.25, -0.2) is 4.98 Å². The SMILES string of the molecule is CN1C(=O)CN([C@H]2CC[C@H](N(c3ccccc3OCOCC[Si](C)(C)C)C3CC3)CC2)c2nc(Br)ccc21. The maximum absolute atomic E-state index is 12.8. The Morgan fingerprint density at radius 3 is 2.39 bits per heavy atom. The summed E-state index contributed by atoms with van der Waals surface area (Å²) in [6.07, 6.45) is 6.74. The van der Waals surface area contributed by atoms with Gasteiger partial charge in [-0.15, -0.1) is 0 Å². The van der Waals surface area contributed by atoms with Gasteiger partial charge in [-0.2, -0.15) is 0 Å². The first kappa shape index (κ1) is 27.5. The summed E-state index contributed by atoms with van der Waals surface area (Å²) in [5.41, 5.74) is 2.09. The van der Waals surface area contributed by atoms with Crippen LogP contribution in [0.5, 0.6) is 5.75 Å². The van der Waals surface area contributed by atoms with Crippen LogP contribution < -0.4 is 19.4 Å². The van der Waals surface area contributed by atoms with Crippen LogP contribution >= 0.6 is 15.9 Å². The average Bonchev–Trinajstić information content (AvgIpc) is 3.72. The van der Waals surface area contributed by atoms with E-state index in [-0.39, 0.29) is 5.91 Å². The Balaban J connectivity index is 1.25. The van der Waals surface area contributed by atoms with Crippen molar-refractivity contribution in [3.63, 3.8) is 0 Å². The molecule has 2 fully saturated rings. The molecule has 3 aliphatic rings. The molecule has 1 aromatic carbocycles. The molecular formula is C29H41BrN4O3Si. The number of hydrogen-bond donors (Lipinski definition) is 0. The fourth-order valence-electron chi connectivity index (χ4n) is 5.68. The van der Waals surface area contributed by atoms with Crippen LogP contribution in [-0.2, 0) is 9.53 Å². The summed E-state index contributed by atoms with van der Waals surface area (Å²) in [6, 6.07) is 14.9. The van der Waals surface area contributed by atoms with E-state index in [1.54, 1.807) is 4.90 Å². The Morgan fingerprint density at radius 2 is 1.71 bits per heavy atom. The van der Waals surface area contributed by atoms with Crippen LogP contribution in [0.25, 0.3) is 0 Å². The van der Waals surface area contributed by atoms with Crippen LogP contribution in [0.2, 0.25) is 25.7 Å². The summed E-state index contributed by atoms with van der Waals surface area (Å²) in [5.74, 6) is 1.96. The molecule has 0 N–H and O–H groups in total. The molecular weight excluding hydrogens is 560 g/mol. The van der Waals surface area contributed by atoms with Crippen molar-refractivity contribution in [2.75, 3.05) is 41.7 Å². The van der Waals surface area contributed by atoms with Crippen molar-refractivity contribution in [3.8, 4) is 5.75 Å². The Morgan fingerprint density at radius 1 is 1.03 bits per heavy atom. The third kappa shape index (κ3) is 6.37. The number of carbonyl (C=O) groups excluding carboxylic acids is 1. The summed E-state index contributed by atoms with van der Waals surface area (Å²) in [5, 5.41) is 0. The zero-order valence-corrected chi connectivity index (χ0v) is 25.7. The molecule has 2 aromatic rings. The van der Waals surface area contributed by atoms with E-state index in [1.807, 2.05) is 19.2 Å². The number of amides is 1. The van der Waals surface area contributed by atoms with E-state index in [0.29, 0.717) is 31.5 Å². The van der Waals surface area contributed by atoms with E-state index in [1.165, 1.54) is 18.5 Å². The second kappa shape index (κ2) is 11.6. The molecule has 0 spiro atoms. The largest absolute Gasteiger partial charge is 0.465 e. The van der Waals surface area contributed by atoms with Gasteiger partial charge in [0.15, 0.2) is 12.6 Å². The van der Waals surface area contributed by atoms with Crippen LogP contribution in [0.3, 0.4) is 0 Å². The van der Waals surface area contributed by atoms with E-state index in [4.69, 9.17) is 14.5 Å². The first-order valence-corrected chi connectivity index (χ1v) is 18.5. The standard InChI is InChI=1S/C29H41BrN4O3Si/c1-32-25-15-16-27(30)31-29(25)33(19-28(32)35)21-9-11-22(12-10-21)34(23-13-14-23)24-7-5-6-8-26(24)37-20-36-17-18-38(2,3)4/h5-8,15-16,21-23H,9-14,17-20H2,1-4H3/t21-,22-. The molecule has 0 saturated heterocycles. The van der Waals surface area contributed by atoms with Gasteiger partial charge in [0.1, 0.15) is 10.4 Å². The highest BCUT2D eigenvalue weighted by atomic mass is 79.9. The lowest BCUT2D eigenvalue weighted by molar-refractivity contribution is -0.117. The van der Waals surface area contributed by atoms with Crippen LogP contribution in [-0.4, -0.2) is 64.1 Å². The van der Waals surface area contributed by atoms with Gasteiger partial charge in [-0.05, 0) is 84.8 Å². The third-order valence-electron chi connectivity index (χ3n) is 8.01. The average molecular weight is 602 g/mol. The van der Waals surface area contributed by atoms with E-state index in [2.05, 4.69) is 69.6 Å². The number of para-hydroxylation sites is 2. The van der Waals surface area contributed by atoms with Crippen LogP contribution in [0, 0.1) is 0 Å². The molecule has 0 atom stereocenters. The van der Waals surface area contributed by atoms with Gasteiger partial charge in [0.2, 0.25) is 5.91 Å². The number of nitrogens with zero attached hydrogens (tertiary/aromatic N) is 4. The monoisotopic (exact) mass is 600 g/mol. The van der Waals surface area contributed by atoms with Gasteiger partial charge in [0.25, 0.3) is 0 Å². The number of aromatic nitrogens is 1. The number of likely N-dealkylation sites (N-methyl/N-ethyl adjacent to an activating group) is 1. The molecule has 206 valence electrons. The minimum atomic E-state index is -1.11. The molecule has 38 heavy (non-hydrogen) atoms. The zero-order valence-electron chi connectivity index (χ0n) is 23.2. The zero-order chi connectivity index (χ0) is 26.9. The van der Waals surface area contributed by atoms with Gasteiger partial charge >= 0.3 is 0 Å². The molecule has 2 heterocycles. The number of rotatable bonds is 10. The maximum Gasteiger partial charge on any atom is 0.246 e. The normalized spacial score (nSPS) is 21.9. The summed E-state index contributed by atoms with van der Waals surface area (Å²) in [6.45, 7) is 8.55. The van der Waals surface area contributed by atoms with Crippen molar-refractivity contribution in [3.05, 3.63) is 41.0 Å². The van der Waals surface area contributed by atoms with E-state index in [9.17, 15) is 4.79 Å². The summed E-state index contributed by atoms with van der Waals surface area (Å²) < 4.78 is 12.8. The van der Waals surface area contributed by atoms with Gasteiger partial charge in [-0.3, -0.25) is 4.79 Å². The molecule has 1 aliphatic heterocycles. The van der Waals surface area contributed by atoms with Crippen molar-refractivity contribution in [2.24, 2.45) is 0 Å². The van der Waals surface area contributed by atoms with Gasteiger partial charge in [0, 0.05) is 39.9 Å². The summed E-state index contributed by atoms with van der Waals surface area (Å²) in [4.78, 5) is 24.2. The predicted octanol–water partition coefficient (Wildman–Crippen LogP) is 6.30.